The third-order valence-electron chi connectivity index (χ3n) is 5.67. The van der Waals surface area contributed by atoms with Gasteiger partial charge in [0.15, 0.2) is 0 Å². The number of hydrogen-bond acceptors (Lipinski definition) is 3. The molecule has 1 saturated carbocycles. The van der Waals surface area contributed by atoms with E-state index < -0.39 is 0 Å². The number of benzene rings is 1. The highest BCUT2D eigenvalue weighted by atomic mass is 35.5. The number of fused-ring (bicyclic) bond motifs is 1. The molecule has 1 N–H and O–H groups in total. The van der Waals surface area contributed by atoms with Crippen LogP contribution in [0.1, 0.15) is 32.1 Å². The van der Waals surface area contributed by atoms with Gasteiger partial charge in [-0.3, -0.25) is 14.5 Å². The van der Waals surface area contributed by atoms with Crippen molar-refractivity contribution in [1.29, 1.82) is 0 Å². The molecule has 5 nitrogen and oxygen atoms in total. The van der Waals surface area contributed by atoms with Crippen LogP contribution >= 0.6 is 23.2 Å². The maximum Gasteiger partial charge on any atom is 0.238 e. The topological polar surface area (TPSA) is 52.7 Å². The van der Waals surface area contributed by atoms with E-state index in [1.165, 1.54) is 25.7 Å². The van der Waals surface area contributed by atoms with Crippen molar-refractivity contribution in [3.05, 3.63) is 28.2 Å². The van der Waals surface area contributed by atoms with Crippen molar-refractivity contribution < 1.29 is 9.59 Å². The number of amides is 2. The third-order valence-corrected chi connectivity index (χ3v) is 6.40. The Morgan fingerprint density at radius 1 is 1.11 bits per heavy atom. The molecule has 0 radical (unpaired) electrons. The van der Waals surface area contributed by atoms with E-state index in [1.54, 1.807) is 30.1 Å². The van der Waals surface area contributed by atoms with E-state index in [4.69, 9.17) is 23.2 Å². The Kier molecular flexibility index (Phi) is 7.01. The number of hydrogen-bond donors (Lipinski definition) is 1. The number of carbonyl (C=O) groups excluding carboxylic acids is 2. The lowest BCUT2D eigenvalue weighted by molar-refractivity contribution is -0.135. The summed E-state index contributed by atoms with van der Waals surface area (Å²) in [7, 11) is 1.79. The molecule has 1 heterocycles. The molecule has 1 aromatic rings. The fourth-order valence-electron chi connectivity index (χ4n) is 4.23. The summed E-state index contributed by atoms with van der Waals surface area (Å²) in [6.45, 7) is 2.13. The fraction of sp³-hybridized carbons (Fsp3) is 0.600. The number of anilines is 1. The van der Waals surface area contributed by atoms with E-state index >= 15 is 0 Å². The minimum atomic E-state index is -0.185. The molecule has 1 aliphatic heterocycles. The molecule has 2 atom stereocenters. The average molecular weight is 412 g/mol. The molecule has 0 bridgehead atoms. The highest BCUT2D eigenvalue weighted by Gasteiger charge is 2.33. The monoisotopic (exact) mass is 411 g/mol. The van der Waals surface area contributed by atoms with Crippen molar-refractivity contribution in [2.24, 2.45) is 11.8 Å². The summed E-state index contributed by atoms with van der Waals surface area (Å²) >= 11 is 11.8. The number of carbonyl (C=O) groups is 2. The van der Waals surface area contributed by atoms with E-state index in [9.17, 15) is 9.59 Å². The van der Waals surface area contributed by atoms with E-state index in [-0.39, 0.29) is 24.9 Å². The van der Waals surface area contributed by atoms with Crippen LogP contribution < -0.4 is 5.32 Å². The number of rotatable bonds is 5. The lowest BCUT2D eigenvalue weighted by Gasteiger charge is -2.41. The molecular formula is C20H27Cl2N3O2. The van der Waals surface area contributed by atoms with Crippen LogP contribution in [0.25, 0.3) is 0 Å². The smallest absolute Gasteiger partial charge is 0.238 e. The van der Waals surface area contributed by atoms with Gasteiger partial charge < -0.3 is 10.2 Å². The molecule has 2 amide bonds. The first-order valence-electron chi connectivity index (χ1n) is 9.63. The number of nitrogens with zero attached hydrogens (tertiary/aromatic N) is 2. The molecule has 1 aromatic carbocycles. The summed E-state index contributed by atoms with van der Waals surface area (Å²) in [6, 6.07) is 4.95. The number of likely N-dealkylation sites (N-methyl/N-ethyl adjacent to an activating group) is 1. The molecule has 1 aliphatic carbocycles. The van der Waals surface area contributed by atoms with Crippen LogP contribution in [-0.2, 0) is 9.59 Å². The summed E-state index contributed by atoms with van der Waals surface area (Å²) in [5.41, 5.74) is 0.591. The van der Waals surface area contributed by atoms with Crippen molar-refractivity contribution in [3.63, 3.8) is 0 Å². The van der Waals surface area contributed by atoms with Gasteiger partial charge in [-0.1, -0.05) is 42.5 Å². The van der Waals surface area contributed by atoms with Gasteiger partial charge in [0.25, 0.3) is 0 Å². The molecule has 0 aromatic heterocycles. The minimum Gasteiger partial charge on any atom is -0.341 e. The molecule has 27 heavy (non-hydrogen) atoms. The van der Waals surface area contributed by atoms with E-state index in [1.807, 2.05) is 4.90 Å². The first-order chi connectivity index (χ1) is 12.9. The number of nitrogens with one attached hydrogen (secondary N) is 1. The Morgan fingerprint density at radius 2 is 1.85 bits per heavy atom. The minimum absolute atomic E-state index is 0.115. The maximum atomic E-state index is 12.6. The second-order valence-electron chi connectivity index (χ2n) is 7.78. The van der Waals surface area contributed by atoms with Gasteiger partial charge in [0, 0.05) is 18.8 Å². The van der Waals surface area contributed by atoms with Gasteiger partial charge in [-0.05, 0) is 49.9 Å². The average Bonchev–Trinajstić information content (AvgIpc) is 2.64. The van der Waals surface area contributed by atoms with Crippen molar-refractivity contribution in [2.45, 2.75) is 32.1 Å². The molecule has 3 rings (SSSR count). The molecule has 2 aliphatic rings. The summed E-state index contributed by atoms with van der Waals surface area (Å²) in [6.07, 6.45) is 6.32. The predicted octanol–water partition coefficient (Wildman–Crippen LogP) is 3.90. The lowest BCUT2D eigenvalue weighted by Crippen LogP contribution is -2.48. The molecule has 7 heteroatoms. The van der Waals surface area contributed by atoms with Crippen LogP contribution in [0.5, 0.6) is 0 Å². The Hall–Kier alpha value is -1.30. The second-order valence-corrected chi connectivity index (χ2v) is 8.60. The Morgan fingerprint density at radius 3 is 2.59 bits per heavy atom. The van der Waals surface area contributed by atoms with Crippen molar-refractivity contribution in [2.75, 3.05) is 38.5 Å². The highest BCUT2D eigenvalue weighted by molar-refractivity contribution is 6.42. The first-order valence-corrected chi connectivity index (χ1v) is 10.4. The van der Waals surface area contributed by atoms with Crippen LogP contribution in [0.4, 0.5) is 5.69 Å². The van der Waals surface area contributed by atoms with Crippen molar-refractivity contribution in [3.8, 4) is 0 Å². The fourth-order valence-corrected chi connectivity index (χ4v) is 4.53. The quantitative estimate of drug-likeness (QED) is 0.798. The maximum absolute atomic E-state index is 12.6. The summed E-state index contributed by atoms with van der Waals surface area (Å²) in [5.74, 6) is 1.40. The number of halogens is 2. The SMILES string of the molecule is CN(CC(=O)Nc1ccc(Cl)c(Cl)c1)CC(=O)N1CC[C@H]2CCCC[C@@H]2C1. The lowest BCUT2D eigenvalue weighted by atomic mass is 9.75. The van der Waals surface area contributed by atoms with Gasteiger partial charge in [-0.15, -0.1) is 0 Å². The van der Waals surface area contributed by atoms with Crippen LogP contribution in [0.3, 0.4) is 0 Å². The predicted molar refractivity (Wildman–Crippen MR) is 109 cm³/mol. The van der Waals surface area contributed by atoms with Crippen molar-refractivity contribution >= 4 is 40.7 Å². The highest BCUT2D eigenvalue weighted by Crippen LogP contribution is 2.36. The zero-order valence-corrected chi connectivity index (χ0v) is 17.2. The zero-order valence-electron chi connectivity index (χ0n) is 15.7. The van der Waals surface area contributed by atoms with Gasteiger partial charge in [-0.2, -0.15) is 0 Å². The van der Waals surface area contributed by atoms with Crippen molar-refractivity contribution in [1.82, 2.24) is 9.80 Å². The van der Waals surface area contributed by atoms with Crippen LogP contribution in [-0.4, -0.2) is 54.8 Å². The Bertz CT molecular complexity index is 698. The molecule has 1 saturated heterocycles. The summed E-state index contributed by atoms with van der Waals surface area (Å²) in [5, 5.41) is 3.62. The number of piperidine rings is 1. The second kappa shape index (κ2) is 9.26. The largest absolute Gasteiger partial charge is 0.341 e. The summed E-state index contributed by atoms with van der Waals surface area (Å²) < 4.78 is 0. The van der Waals surface area contributed by atoms with E-state index in [0.29, 0.717) is 21.7 Å². The van der Waals surface area contributed by atoms with Crippen LogP contribution in [0, 0.1) is 11.8 Å². The zero-order chi connectivity index (χ0) is 19.4. The van der Waals surface area contributed by atoms with Gasteiger partial charge in [-0.25, -0.2) is 0 Å². The molecule has 0 spiro atoms. The first kappa shape index (κ1) is 20.4. The van der Waals surface area contributed by atoms with Gasteiger partial charge in [0.2, 0.25) is 11.8 Å². The number of likely N-dealkylation sites (tertiary alicyclic amines) is 1. The van der Waals surface area contributed by atoms with E-state index in [2.05, 4.69) is 5.32 Å². The standard InChI is InChI=1S/C20H27Cl2N3O2/c1-24(12-19(26)23-16-6-7-17(21)18(22)10-16)13-20(27)25-9-8-14-4-2-3-5-15(14)11-25/h6-7,10,14-15H,2-5,8-9,11-13H2,1H3,(H,23,26)/t14-,15-/m1/s1. The van der Waals surface area contributed by atoms with Gasteiger partial charge in [0.1, 0.15) is 0 Å². The van der Waals surface area contributed by atoms with Crippen LogP contribution in [0.15, 0.2) is 18.2 Å². The third kappa shape index (κ3) is 5.59. The molecule has 148 valence electrons. The Balaban J connectivity index is 1.45. The molecule has 2 fully saturated rings. The van der Waals surface area contributed by atoms with Gasteiger partial charge in [0.05, 0.1) is 23.1 Å². The molecule has 0 unspecified atom stereocenters. The van der Waals surface area contributed by atoms with Crippen LogP contribution in [0.2, 0.25) is 10.0 Å². The normalized spacial score (nSPS) is 22.4. The Labute approximate surface area is 171 Å². The molecular weight excluding hydrogens is 385 g/mol. The van der Waals surface area contributed by atoms with Gasteiger partial charge >= 0.3 is 0 Å². The summed E-state index contributed by atoms with van der Waals surface area (Å²) in [4.78, 5) is 28.6. The van der Waals surface area contributed by atoms with E-state index in [0.717, 1.165) is 25.4 Å².